The number of aromatic nitrogens is 4. The summed E-state index contributed by atoms with van der Waals surface area (Å²) in [4.78, 5) is 35.5. The Bertz CT molecular complexity index is 1700. The first kappa shape index (κ1) is 24.7. The molecular formula is C28H25N5O5. The van der Waals surface area contributed by atoms with E-state index >= 15 is 0 Å². The predicted molar refractivity (Wildman–Crippen MR) is 142 cm³/mol. The molecular weight excluding hydrogens is 486 g/mol. The molecule has 5 aromatic rings. The van der Waals surface area contributed by atoms with Crippen LogP contribution in [0.25, 0.3) is 33.9 Å². The summed E-state index contributed by atoms with van der Waals surface area (Å²) in [7, 11) is 3.06. The van der Waals surface area contributed by atoms with Crippen LogP contribution in [-0.4, -0.2) is 39.8 Å². The van der Waals surface area contributed by atoms with Crippen LogP contribution in [0.15, 0.2) is 70.1 Å². The molecule has 0 bridgehead atoms. The Kier molecular flexibility index (Phi) is 6.61. The van der Waals surface area contributed by atoms with Crippen LogP contribution < -0.4 is 20.2 Å². The number of hydrogen-bond donors (Lipinski definition) is 1. The average Bonchev–Trinajstić information content (AvgIpc) is 3.40. The van der Waals surface area contributed by atoms with E-state index in [1.165, 1.54) is 20.4 Å². The van der Waals surface area contributed by atoms with Crippen LogP contribution >= 0.6 is 0 Å². The van der Waals surface area contributed by atoms with Gasteiger partial charge < -0.3 is 23.9 Å². The van der Waals surface area contributed by atoms with Crippen LogP contribution in [0, 0.1) is 13.8 Å². The summed E-state index contributed by atoms with van der Waals surface area (Å²) in [6, 6.07) is 16.2. The van der Waals surface area contributed by atoms with Crippen molar-refractivity contribution >= 4 is 22.6 Å². The molecule has 1 N–H and O–H groups in total. The van der Waals surface area contributed by atoms with Crippen LogP contribution in [0.1, 0.15) is 11.3 Å². The molecule has 0 atom stereocenters. The Balaban J connectivity index is 1.53. The van der Waals surface area contributed by atoms with E-state index in [1.807, 2.05) is 38.1 Å². The smallest absolute Gasteiger partial charge is 0.263 e. The lowest BCUT2D eigenvalue weighted by molar-refractivity contribution is -0.116. The van der Waals surface area contributed by atoms with Crippen molar-refractivity contribution in [2.45, 2.75) is 20.4 Å². The van der Waals surface area contributed by atoms with Crippen molar-refractivity contribution in [3.05, 3.63) is 82.3 Å². The van der Waals surface area contributed by atoms with Gasteiger partial charge in [0.2, 0.25) is 17.2 Å². The zero-order chi connectivity index (χ0) is 26.8. The quantitative estimate of drug-likeness (QED) is 0.342. The fourth-order valence-electron chi connectivity index (χ4n) is 4.10. The Morgan fingerprint density at radius 2 is 1.76 bits per heavy atom. The molecule has 3 heterocycles. The Morgan fingerprint density at radius 3 is 2.47 bits per heavy atom. The standard InChI is InChI=1S/C28H25N5O5/c1-16-6-5-7-18(10-16)26-31-28(38-32-26)23-14-33(27-22(25(23)35)9-8-17(2)29-27)15-24(34)30-19-11-20(36-3)13-21(12-19)37-4/h5-14H,15H2,1-4H3,(H,30,34). The number of ether oxygens (including phenoxy) is 2. The third kappa shape index (κ3) is 4.96. The minimum atomic E-state index is -0.342. The largest absolute Gasteiger partial charge is 0.497 e. The summed E-state index contributed by atoms with van der Waals surface area (Å²) < 4.78 is 17.6. The van der Waals surface area contributed by atoms with E-state index in [-0.39, 0.29) is 29.3 Å². The van der Waals surface area contributed by atoms with Crippen LogP contribution in [0.3, 0.4) is 0 Å². The van der Waals surface area contributed by atoms with Gasteiger partial charge in [-0.05, 0) is 32.0 Å². The second-order valence-corrected chi connectivity index (χ2v) is 8.77. The SMILES string of the molecule is COc1cc(NC(=O)Cn2cc(-c3nc(-c4cccc(C)c4)no3)c(=O)c3ccc(C)nc32)cc(OC)c1. The number of rotatable bonds is 7. The summed E-state index contributed by atoms with van der Waals surface area (Å²) in [6.07, 6.45) is 1.52. The van der Waals surface area contributed by atoms with Crippen LogP contribution in [-0.2, 0) is 11.3 Å². The molecule has 0 aliphatic rings. The normalized spacial score (nSPS) is 10.9. The molecule has 0 saturated heterocycles. The van der Waals surface area contributed by atoms with Crippen molar-refractivity contribution < 1.29 is 18.8 Å². The van der Waals surface area contributed by atoms with E-state index in [2.05, 4.69) is 20.4 Å². The summed E-state index contributed by atoms with van der Waals surface area (Å²) >= 11 is 0. The lowest BCUT2D eigenvalue weighted by Gasteiger charge is -2.13. The summed E-state index contributed by atoms with van der Waals surface area (Å²) in [6.45, 7) is 3.66. The molecule has 3 aromatic heterocycles. The molecule has 0 fully saturated rings. The number of carbonyl (C=O) groups is 1. The van der Waals surface area contributed by atoms with Crippen LogP contribution in [0.2, 0.25) is 0 Å². The maximum absolute atomic E-state index is 13.4. The molecule has 0 saturated carbocycles. The molecule has 0 radical (unpaired) electrons. The van der Waals surface area contributed by atoms with Crippen LogP contribution in [0.5, 0.6) is 11.5 Å². The molecule has 0 unspecified atom stereocenters. The van der Waals surface area contributed by atoms with E-state index in [9.17, 15) is 9.59 Å². The molecule has 192 valence electrons. The van der Waals surface area contributed by atoms with Gasteiger partial charge in [-0.15, -0.1) is 0 Å². The van der Waals surface area contributed by atoms with Crippen molar-refractivity contribution in [3.63, 3.8) is 0 Å². The van der Waals surface area contributed by atoms with E-state index in [0.29, 0.717) is 39.7 Å². The number of anilines is 1. The fourth-order valence-corrected chi connectivity index (χ4v) is 4.10. The number of carbonyl (C=O) groups excluding carboxylic acids is 1. The fraction of sp³-hybridized carbons (Fsp3) is 0.179. The maximum atomic E-state index is 13.4. The second-order valence-electron chi connectivity index (χ2n) is 8.77. The van der Waals surface area contributed by atoms with Gasteiger partial charge in [-0.3, -0.25) is 9.59 Å². The lowest BCUT2D eigenvalue weighted by Crippen LogP contribution is -2.22. The number of nitrogens with one attached hydrogen (secondary N) is 1. The predicted octanol–water partition coefficient (Wildman–Crippen LogP) is 4.39. The Labute approximate surface area is 217 Å². The molecule has 0 spiro atoms. The van der Waals surface area contributed by atoms with Crippen molar-refractivity contribution in [1.82, 2.24) is 19.7 Å². The first-order valence-corrected chi connectivity index (χ1v) is 11.8. The highest BCUT2D eigenvalue weighted by Gasteiger charge is 2.19. The van der Waals surface area contributed by atoms with E-state index < -0.39 is 0 Å². The number of methoxy groups -OCH3 is 2. The Hall–Kier alpha value is -4.99. The third-order valence-corrected chi connectivity index (χ3v) is 5.94. The van der Waals surface area contributed by atoms with Gasteiger partial charge in [-0.2, -0.15) is 4.98 Å². The molecule has 0 aliphatic heterocycles. The first-order chi connectivity index (χ1) is 18.3. The minimum absolute atomic E-state index is 0.0562. The molecule has 5 rings (SSSR count). The highest BCUT2D eigenvalue weighted by Crippen LogP contribution is 2.26. The van der Waals surface area contributed by atoms with Gasteiger partial charge >= 0.3 is 0 Å². The van der Waals surface area contributed by atoms with E-state index in [0.717, 1.165) is 11.1 Å². The summed E-state index contributed by atoms with van der Waals surface area (Å²) in [5, 5.41) is 7.24. The first-order valence-electron chi connectivity index (χ1n) is 11.8. The van der Waals surface area contributed by atoms with Crippen molar-refractivity contribution in [3.8, 4) is 34.3 Å². The van der Waals surface area contributed by atoms with Crippen molar-refractivity contribution in [2.75, 3.05) is 19.5 Å². The van der Waals surface area contributed by atoms with Gasteiger partial charge in [0.05, 0.1) is 19.6 Å². The summed E-state index contributed by atoms with van der Waals surface area (Å²) in [5.74, 6) is 1.15. The molecule has 38 heavy (non-hydrogen) atoms. The highest BCUT2D eigenvalue weighted by molar-refractivity contribution is 5.92. The van der Waals surface area contributed by atoms with Gasteiger partial charge in [0, 0.05) is 41.3 Å². The van der Waals surface area contributed by atoms with E-state index in [1.54, 1.807) is 34.9 Å². The van der Waals surface area contributed by atoms with Crippen LogP contribution in [0.4, 0.5) is 5.69 Å². The minimum Gasteiger partial charge on any atom is -0.497 e. The number of fused-ring (bicyclic) bond motifs is 1. The van der Waals surface area contributed by atoms with Gasteiger partial charge in [-0.25, -0.2) is 4.98 Å². The van der Waals surface area contributed by atoms with E-state index in [4.69, 9.17) is 14.0 Å². The number of amides is 1. The number of benzene rings is 2. The third-order valence-electron chi connectivity index (χ3n) is 5.94. The number of pyridine rings is 2. The molecule has 1 amide bonds. The lowest BCUT2D eigenvalue weighted by atomic mass is 10.1. The number of nitrogens with zero attached hydrogens (tertiary/aromatic N) is 4. The maximum Gasteiger partial charge on any atom is 0.263 e. The molecule has 10 nitrogen and oxygen atoms in total. The number of aryl methyl sites for hydroxylation is 2. The topological polar surface area (TPSA) is 121 Å². The zero-order valence-corrected chi connectivity index (χ0v) is 21.3. The molecule has 0 aliphatic carbocycles. The average molecular weight is 512 g/mol. The van der Waals surface area contributed by atoms with Crippen molar-refractivity contribution in [2.24, 2.45) is 0 Å². The van der Waals surface area contributed by atoms with Gasteiger partial charge in [0.25, 0.3) is 5.89 Å². The second kappa shape index (κ2) is 10.2. The van der Waals surface area contributed by atoms with Crippen molar-refractivity contribution in [1.29, 1.82) is 0 Å². The Morgan fingerprint density at radius 1 is 1.00 bits per heavy atom. The van der Waals surface area contributed by atoms with Gasteiger partial charge in [0.1, 0.15) is 29.3 Å². The van der Waals surface area contributed by atoms with Gasteiger partial charge in [0.15, 0.2) is 0 Å². The molecule has 2 aromatic carbocycles. The molecule has 10 heteroatoms. The van der Waals surface area contributed by atoms with Gasteiger partial charge in [-0.1, -0.05) is 28.9 Å². The monoisotopic (exact) mass is 511 g/mol. The number of hydrogen-bond acceptors (Lipinski definition) is 8. The zero-order valence-electron chi connectivity index (χ0n) is 21.3. The highest BCUT2D eigenvalue weighted by atomic mass is 16.5. The summed E-state index contributed by atoms with van der Waals surface area (Å²) in [5.41, 5.74) is 3.24.